The Labute approximate surface area is 120 Å². The van der Waals surface area contributed by atoms with Crippen LogP contribution < -0.4 is 4.74 Å². The van der Waals surface area contributed by atoms with Crippen LogP contribution in [0, 0.1) is 10.1 Å². The molecule has 0 aliphatic rings. The maximum atomic E-state index is 11.3. The molecule has 0 amide bonds. The summed E-state index contributed by atoms with van der Waals surface area (Å²) in [6.07, 6.45) is -1.06. The van der Waals surface area contributed by atoms with Crippen LogP contribution in [-0.2, 0) is 11.2 Å². The summed E-state index contributed by atoms with van der Waals surface area (Å²) in [6, 6.07) is 14.7. The van der Waals surface area contributed by atoms with E-state index < -0.39 is 17.0 Å². The van der Waals surface area contributed by atoms with Crippen molar-refractivity contribution in [3.63, 3.8) is 0 Å². The normalized spacial score (nSPS) is 11.6. The summed E-state index contributed by atoms with van der Waals surface area (Å²) >= 11 is 0. The van der Waals surface area contributed by atoms with E-state index in [1.807, 2.05) is 6.07 Å². The van der Waals surface area contributed by atoms with Crippen LogP contribution in [0.5, 0.6) is 5.75 Å². The third-order valence-electron chi connectivity index (χ3n) is 2.87. The minimum Gasteiger partial charge on any atom is -0.478 e. The van der Waals surface area contributed by atoms with E-state index in [1.54, 1.807) is 30.3 Å². The van der Waals surface area contributed by atoms with Crippen molar-refractivity contribution in [2.75, 3.05) is 0 Å². The second kappa shape index (κ2) is 6.51. The van der Waals surface area contributed by atoms with Gasteiger partial charge in [0, 0.05) is 12.5 Å². The van der Waals surface area contributed by atoms with Gasteiger partial charge >= 0.3 is 11.7 Å². The Bertz CT molecular complexity index is 642. The second-order valence-electron chi connectivity index (χ2n) is 4.36. The molecular formula is C15H13NO5. The van der Waals surface area contributed by atoms with E-state index in [9.17, 15) is 20.0 Å². The fourth-order valence-corrected chi connectivity index (χ4v) is 1.87. The van der Waals surface area contributed by atoms with Crippen LogP contribution in [0.3, 0.4) is 0 Å². The molecule has 2 rings (SSSR count). The lowest BCUT2D eigenvalue weighted by atomic mass is 10.1. The van der Waals surface area contributed by atoms with Gasteiger partial charge in [0.15, 0.2) is 11.9 Å². The maximum absolute atomic E-state index is 11.3. The van der Waals surface area contributed by atoms with Crippen LogP contribution in [0.4, 0.5) is 5.69 Å². The molecule has 0 spiro atoms. The average Bonchev–Trinajstić information content (AvgIpc) is 2.48. The van der Waals surface area contributed by atoms with Gasteiger partial charge in [0.2, 0.25) is 0 Å². The molecule has 0 aromatic heterocycles. The number of benzene rings is 2. The van der Waals surface area contributed by atoms with Crippen molar-refractivity contribution in [1.29, 1.82) is 0 Å². The number of carboxylic acids is 1. The molecule has 0 fully saturated rings. The zero-order valence-electron chi connectivity index (χ0n) is 11.0. The van der Waals surface area contributed by atoms with E-state index in [0.29, 0.717) is 0 Å². The van der Waals surface area contributed by atoms with Crippen LogP contribution in [0.1, 0.15) is 5.56 Å². The number of nitro benzene ring substituents is 1. The zero-order chi connectivity index (χ0) is 15.2. The first-order valence-electron chi connectivity index (χ1n) is 6.24. The Balaban J connectivity index is 2.21. The van der Waals surface area contributed by atoms with Gasteiger partial charge in [0.1, 0.15) is 0 Å². The van der Waals surface area contributed by atoms with Crippen molar-refractivity contribution >= 4 is 11.7 Å². The van der Waals surface area contributed by atoms with E-state index in [0.717, 1.165) is 5.56 Å². The molecule has 0 heterocycles. The highest BCUT2D eigenvalue weighted by Crippen LogP contribution is 2.27. The van der Waals surface area contributed by atoms with E-state index in [2.05, 4.69) is 0 Å². The molecule has 21 heavy (non-hydrogen) atoms. The summed E-state index contributed by atoms with van der Waals surface area (Å²) in [7, 11) is 0. The summed E-state index contributed by atoms with van der Waals surface area (Å²) in [5.74, 6) is -1.22. The minimum absolute atomic E-state index is 0.0502. The average molecular weight is 287 g/mol. The molecule has 1 atom stereocenters. The first kappa shape index (κ1) is 14.5. The summed E-state index contributed by atoms with van der Waals surface area (Å²) in [5, 5.41) is 20.1. The lowest BCUT2D eigenvalue weighted by Crippen LogP contribution is -2.29. The molecule has 2 aromatic carbocycles. The highest BCUT2D eigenvalue weighted by Gasteiger charge is 2.24. The van der Waals surface area contributed by atoms with Gasteiger partial charge < -0.3 is 9.84 Å². The molecule has 0 aliphatic carbocycles. The highest BCUT2D eigenvalue weighted by atomic mass is 16.6. The molecule has 108 valence electrons. The molecule has 0 saturated carbocycles. The van der Waals surface area contributed by atoms with Crippen molar-refractivity contribution in [3.8, 4) is 5.75 Å². The van der Waals surface area contributed by atoms with Crippen molar-refractivity contribution in [2.24, 2.45) is 0 Å². The number of ether oxygens (including phenoxy) is 1. The van der Waals surface area contributed by atoms with E-state index >= 15 is 0 Å². The van der Waals surface area contributed by atoms with E-state index in [-0.39, 0.29) is 17.9 Å². The molecular weight excluding hydrogens is 274 g/mol. The first-order chi connectivity index (χ1) is 10.1. The van der Waals surface area contributed by atoms with Gasteiger partial charge in [-0.05, 0) is 11.6 Å². The van der Waals surface area contributed by atoms with Gasteiger partial charge in [-0.25, -0.2) is 4.79 Å². The Morgan fingerprint density at radius 2 is 1.76 bits per heavy atom. The van der Waals surface area contributed by atoms with Crippen LogP contribution in [0.25, 0.3) is 0 Å². The lowest BCUT2D eigenvalue weighted by Gasteiger charge is -2.15. The number of para-hydroxylation sites is 2. The van der Waals surface area contributed by atoms with Crippen LogP contribution >= 0.6 is 0 Å². The number of hydrogen-bond acceptors (Lipinski definition) is 4. The molecule has 1 unspecified atom stereocenters. The minimum atomic E-state index is -1.19. The number of aliphatic carboxylic acids is 1. The fraction of sp³-hybridized carbons (Fsp3) is 0.133. The van der Waals surface area contributed by atoms with Crippen molar-refractivity contribution in [2.45, 2.75) is 12.5 Å². The molecule has 0 saturated heterocycles. The summed E-state index contributed by atoms with van der Waals surface area (Å²) in [5.41, 5.74) is 0.528. The molecule has 0 aliphatic heterocycles. The first-order valence-corrected chi connectivity index (χ1v) is 6.24. The van der Waals surface area contributed by atoms with Gasteiger partial charge in [-0.3, -0.25) is 10.1 Å². The number of rotatable bonds is 6. The van der Waals surface area contributed by atoms with E-state index in [1.165, 1.54) is 18.2 Å². The number of hydrogen-bond donors (Lipinski definition) is 1. The van der Waals surface area contributed by atoms with Crippen LogP contribution in [0.2, 0.25) is 0 Å². The third kappa shape index (κ3) is 3.79. The van der Waals surface area contributed by atoms with E-state index in [4.69, 9.17) is 4.74 Å². The third-order valence-corrected chi connectivity index (χ3v) is 2.87. The smallest absolute Gasteiger partial charge is 0.345 e. The number of nitro groups is 1. The fourth-order valence-electron chi connectivity index (χ4n) is 1.87. The van der Waals surface area contributed by atoms with Gasteiger partial charge in [0.25, 0.3) is 0 Å². The van der Waals surface area contributed by atoms with Crippen LogP contribution in [-0.4, -0.2) is 22.1 Å². The number of carboxylic acid groups (broad SMARTS) is 1. The summed E-state index contributed by atoms with van der Waals surface area (Å²) < 4.78 is 5.33. The Morgan fingerprint density at radius 3 is 2.38 bits per heavy atom. The predicted molar refractivity (Wildman–Crippen MR) is 75.3 cm³/mol. The standard InChI is InChI=1S/C15H13NO5/c17-15(18)14(10-11-6-2-1-3-7-11)21-13-9-5-4-8-12(13)16(19)20/h1-9,14H,10H2,(H,17,18). The molecule has 1 N–H and O–H groups in total. The highest BCUT2D eigenvalue weighted by molar-refractivity contribution is 5.73. The van der Waals surface area contributed by atoms with Gasteiger partial charge in [-0.15, -0.1) is 0 Å². The summed E-state index contributed by atoms with van der Waals surface area (Å²) in [6.45, 7) is 0. The molecule has 0 radical (unpaired) electrons. The molecule has 2 aromatic rings. The molecule has 6 nitrogen and oxygen atoms in total. The van der Waals surface area contributed by atoms with Crippen molar-refractivity contribution in [3.05, 3.63) is 70.3 Å². The predicted octanol–water partition coefficient (Wildman–Crippen LogP) is 2.67. The monoisotopic (exact) mass is 287 g/mol. The van der Waals surface area contributed by atoms with Crippen molar-refractivity contribution in [1.82, 2.24) is 0 Å². The van der Waals surface area contributed by atoms with Gasteiger partial charge in [-0.2, -0.15) is 0 Å². The van der Waals surface area contributed by atoms with Gasteiger partial charge in [-0.1, -0.05) is 42.5 Å². The number of carbonyl (C=O) groups is 1. The second-order valence-corrected chi connectivity index (χ2v) is 4.36. The maximum Gasteiger partial charge on any atom is 0.345 e. The molecule has 6 heteroatoms. The Morgan fingerprint density at radius 1 is 1.14 bits per heavy atom. The Kier molecular flexibility index (Phi) is 4.50. The topological polar surface area (TPSA) is 89.7 Å². The number of nitrogens with zero attached hydrogens (tertiary/aromatic N) is 1. The lowest BCUT2D eigenvalue weighted by molar-refractivity contribution is -0.386. The Hall–Kier alpha value is -2.89. The molecule has 0 bridgehead atoms. The zero-order valence-corrected chi connectivity index (χ0v) is 11.0. The van der Waals surface area contributed by atoms with Gasteiger partial charge in [0.05, 0.1) is 4.92 Å². The quantitative estimate of drug-likeness (QED) is 0.651. The SMILES string of the molecule is O=C(O)C(Cc1ccccc1)Oc1ccccc1[N+](=O)[O-]. The largest absolute Gasteiger partial charge is 0.478 e. The summed E-state index contributed by atoms with van der Waals surface area (Å²) in [4.78, 5) is 21.6. The van der Waals surface area contributed by atoms with Crippen molar-refractivity contribution < 1.29 is 19.6 Å². The van der Waals surface area contributed by atoms with Crippen LogP contribution in [0.15, 0.2) is 54.6 Å².